The normalized spacial score (nSPS) is 19.7. The third-order valence-electron chi connectivity index (χ3n) is 3.18. The van der Waals surface area contributed by atoms with Gasteiger partial charge in [-0.25, -0.2) is 0 Å². The van der Waals surface area contributed by atoms with Crippen LogP contribution in [0.15, 0.2) is 34.8 Å². The Morgan fingerprint density at radius 1 is 1.50 bits per heavy atom. The van der Waals surface area contributed by atoms with Crippen LogP contribution >= 0.6 is 15.9 Å². The predicted molar refractivity (Wildman–Crippen MR) is 75.0 cm³/mol. The fraction of sp³-hybridized carbons (Fsp3) is 0.357. The molecule has 1 aromatic carbocycles. The number of amides is 1. The second-order valence-electron chi connectivity index (χ2n) is 4.37. The van der Waals surface area contributed by atoms with Gasteiger partial charge in [0.1, 0.15) is 0 Å². The molecule has 1 aliphatic rings. The number of hydrogen-bond donors (Lipinski definition) is 1. The molecule has 1 amide bonds. The Morgan fingerprint density at radius 3 is 3.00 bits per heavy atom. The third-order valence-corrected chi connectivity index (χ3v) is 3.90. The molecule has 1 aromatic rings. The molecule has 2 rings (SSSR count). The van der Waals surface area contributed by atoms with Crippen molar-refractivity contribution in [3.05, 3.63) is 40.4 Å². The van der Waals surface area contributed by atoms with Gasteiger partial charge in [-0.3, -0.25) is 4.79 Å². The van der Waals surface area contributed by atoms with Crippen molar-refractivity contribution in [2.75, 3.05) is 13.2 Å². The minimum atomic E-state index is -0.0256. The van der Waals surface area contributed by atoms with Gasteiger partial charge >= 0.3 is 0 Å². The Bertz CT molecular complexity index is 459. The summed E-state index contributed by atoms with van der Waals surface area (Å²) in [5.41, 5.74) is 0.977. The maximum Gasteiger partial charge on any atom is 0.246 e. The first-order valence-corrected chi connectivity index (χ1v) is 6.85. The molecule has 0 bridgehead atoms. The molecule has 96 valence electrons. The van der Waals surface area contributed by atoms with E-state index in [2.05, 4.69) is 15.9 Å². The molecule has 0 spiro atoms. The topological polar surface area (TPSA) is 40.5 Å². The van der Waals surface area contributed by atoms with Gasteiger partial charge in [-0.05, 0) is 30.5 Å². The summed E-state index contributed by atoms with van der Waals surface area (Å²) < 4.78 is 0.967. The summed E-state index contributed by atoms with van der Waals surface area (Å²) in [5, 5.41) is 9.19. The summed E-state index contributed by atoms with van der Waals surface area (Å²) in [5.74, 6) is -0.0256. The van der Waals surface area contributed by atoms with Crippen LogP contribution in [0, 0.1) is 0 Å². The standard InChI is InChI=1S/C14H16BrNO2/c15-13-6-2-1-4-11(13)7-8-14(18)16-9-3-5-12(16)10-17/h1-2,4,6-8,12,17H,3,5,9-10H2/t12-/m0/s1. The number of likely N-dealkylation sites (tertiary alicyclic amines) is 1. The molecular weight excluding hydrogens is 294 g/mol. The Balaban J connectivity index is 2.05. The Labute approximate surface area is 115 Å². The molecule has 0 unspecified atom stereocenters. The van der Waals surface area contributed by atoms with Gasteiger partial charge in [0, 0.05) is 17.1 Å². The van der Waals surface area contributed by atoms with E-state index in [1.54, 1.807) is 17.1 Å². The van der Waals surface area contributed by atoms with E-state index in [0.717, 1.165) is 29.4 Å². The van der Waals surface area contributed by atoms with Crippen molar-refractivity contribution in [2.45, 2.75) is 18.9 Å². The number of carbonyl (C=O) groups is 1. The largest absolute Gasteiger partial charge is 0.394 e. The van der Waals surface area contributed by atoms with Gasteiger partial charge in [0.25, 0.3) is 0 Å². The summed E-state index contributed by atoms with van der Waals surface area (Å²) in [4.78, 5) is 13.8. The van der Waals surface area contributed by atoms with Crippen molar-refractivity contribution in [3.63, 3.8) is 0 Å². The molecule has 0 aromatic heterocycles. The first kappa shape index (κ1) is 13.3. The average Bonchev–Trinajstić information content (AvgIpc) is 2.86. The summed E-state index contributed by atoms with van der Waals surface area (Å²) >= 11 is 3.44. The highest BCUT2D eigenvalue weighted by molar-refractivity contribution is 9.10. The van der Waals surface area contributed by atoms with Gasteiger partial charge in [-0.2, -0.15) is 0 Å². The second-order valence-corrected chi connectivity index (χ2v) is 5.22. The van der Waals surface area contributed by atoms with E-state index in [-0.39, 0.29) is 18.6 Å². The number of rotatable bonds is 3. The summed E-state index contributed by atoms with van der Waals surface area (Å²) in [7, 11) is 0. The SMILES string of the molecule is O=C(C=Cc1ccccc1Br)N1CCC[C@H]1CO. The van der Waals surface area contributed by atoms with Crippen molar-refractivity contribution in [1.29, 1.82) is 0 Å². The molecule has 1 fully saturated rings. The molecule has 1 heterocycles. The number of aliphatic hydroxyl groups is 1. The molecule has 1 atom stereocenters. The van der Waals surface area contributed by atoms with Crippen LogP contribution in [0.1, 0.15) is 18.4 Å². The third kappa shape index (κ3) is 3.00. The molecule has 1 saturated heterocycles. The molecule has 0 radical (unpaired) electrons. The van der Waals surface area contributed by atoms with E-state index in [0.29, 0.717) is 0 Å². The molecule has 4 heteroatoms. The van der Waals surface area contributed by atoms with Crippen LogP contribution in [0.2, 0.25) is 0 Å². The monoisotopic (exact) mass is 309 g/mol. The Morgan fingerprint density at radius 2 is 2.28 bits per heavy atom. The molecule has 1 aliphatic heterocycles. The van der Waals surface area contributed by atoms with Gasteiger partial charge in [-0.15, -0.1) is 0 Å². The molecule has 18 heavy (non-hydrogen) atoms. The van der Waals surface area contributed by atoms with Crippen molar-refractivity contribution >= 4 is 27.9 Å². The fourth-order valence-electron chi connectivity index (χ4n) is 2.18. The first-order chi connectivity index (χ1) is 8.72. The van der Waals surface area contributed by atoms with Crippen LogP contribution < -0.4 is 0 Å². The highest BCUT2D eigenvalue weighted by atomic mass is 79.9. The predicted octanol–water partition coefficient (Wildman–Crippen LogP) is 2.45. The van der Waals surface area contributed by atoms with Gasteiger partial charge in [0.15, 0.2) is 0 Å². The lowest BCUT2D eigenvalue weighted by Gasteiger charge is -2.21. The number of halogens is 1. The lowest BCUT2D eigenvalue weighted by molar-refractivity contribution is -0.127. The summed E-state index contributed by atoms with van der Waals surface area (Å²) in [6.07, 6.45) is 5.25. The minimum Gasteiger partial charge on any atom is -0.394 e. The molecule has 1 N–H and O–H groups in total. The van der Waals surface area contributed by atoms with Crippen LogP contribution in [0.4, 0.5) is 0 Å². The first-order valence-electron chi connectivity index (χ1n) is 6.06. The van der Waals surface area contributed by atoms with Gasteiger partial charge in [-0.1, -0.05) is 34.1 Å². The second kappa shape index (κ2) is 6.16. The fourth-order valence-corrected chi connectivity index (χ4v) is 2.60. The maximum atomic E-state index is 12.0. The van der Waals surface area contributed by atoms with Gasteiger partial charge in [0.2, 0.25) is 5.91 Å². The summed E-state index contributed by atoms with van der Waals surface area (Å²) in [6.45, 7) is 0.791. The molecule has 3 nitrogen and oxygen atoms in total. The molecular formula is C14H16BrNO2. The van der Waals surface area contributed by atoms with E-state index in [1.165, 1.54) is 0 Å². The number of nitrogens with zero attached hydrogens (tertiary/aromatic N) is 1. The minimum absolute atomic E-state index is 0.0126. The lowest BCUT2D eigenvalue weighted by atomic mass is 10.2. The van der Waals surface area contributed by atoms with E-state index >= 15 is 0 Å². The van der Waals surface area contributed by atoms with Crippen LogP contribution in [-0.2, 0) is 4.79 Å². The van der Waals surface area contributed by atoms with Crippen molar-refractivity contribution in [3.8, 4) is 0 Å². The van der Waals surface area contributed by atoms with Gasteiger partial charge in [0.05, 0.1) is 12.6 Å². The Kier molecular flexibility index (Phi) is 4.55. The van der Waals surface area contributed by atoms with Crippen LogP contribution in [0.3, 0.4) is 0 Å². The smallest absolute Gasteiger partial charge is 0.246 e. The number of benzene rings is 1. The Hall–Kier alpha value is -1.13. The zero-order chi connectivity index (χ0) is 13.0. The van der Waals surface area contributed by atoms with Crippen LogP contribution in [0.25, 0.3) is 6.08 Å². The van der Waals surface area contributed by atoms with E-state index in [9.17, 15) is 9.90 Å². The highest BCUT2D eigenvalue weighted by Gasteiger charge is 2.26. The molecule has 0 aliphatic carbocycles. The van der Waals surface area contributed by atoms with E-state index < -0.39 is 0 Å². The lowest BCUT2D eigenvalue weighted by Crippen LogP contribution is -2.36. The van der Waals surface area contributed by atoms with Crippen molar-refractivity contribution in [2.24, 2.45) is 0 Å². The zero-order valence-corrected chi connectivity index (χ0v) is 11.6. The quantitative estimate of drug-likeness (QED) is 0.871. The highest BCUT2D eigenvalue weighted by Crippen LogP contribution is 2.19. The molecule has 0 saturated carbocycles. The number of hydrogen-bond acceptors (Lipinski definition) is 2. The van der Waals surface area contributed by atoms with Crippen LogP contribution in [-0.4, -0.2) is 35.1 Å². The summed E-state index contributed by atoms with van der Waals surface area (Å²) in [6, 6.07) is 7.74. The van der Waals surface area contributed by atoms with Gasteiger partial charge < -0.3 is 10.0 Å². The average molecular weight is 310 g/mol. The number of aliphatic hydroxyl groups excluding tert-OH is 1. The maximum absolute atomic E-state index is 12.0. The van der Waals surface area contributed by atoms with Crippen LogP contribution in [0.5, 0.6) is 0 Å². The zero-order valence-electron chi connectivity index (χ0n) is 10.1. The number of carbonyl (C=O) groups excluding carboxylic acids is 1. The van der Waals surface area contributed by atoms with E-state index in [1.807, 2.05) is 24.3 Å². The van der Waals surface area contributed by atoms with Crippen molar-refractivity contribution in [1.82, 2.24) is 4.90 Å². The van der Waals surface area contributed by atoms with Crippen molar-refractivity contribution < 1.29 is 9.90 Å². The van der Waals surface area contributed by atoms with E-state index in [4.69, 9.17) is 0 Å².